The van der Waals surface area contributed by atoms with Crippen molar-refractivity contribution in [3.05, 3.63) is 58.7 Å². The molecule has 0 aromatic heterocycles. The first-order valence-electron chi connectivity index (χ1n) is 8.63. The van der Waals surface area contributed by atoms with Crippen molar-refractivity contribution >= 4 is 19.4 Å². The van der Waals surface area contributed by atoms with Gasteiger partial charge in [-0.05, 0) is 64.3 Å². The Bertz CT molecular complexity index is 666. The highest BCUT2D eigenvalue weighted by atomic mass is 31.1. The Morgan fingerprint density at radius 3 is 2.21 bits per heavy atom. The van der Waals surface area contributed by atoms with E-state index in [2.05, 4.69) is 26.0 Å². The van der Waals surface area contributed by atoms with E-state index in [1.54, 1.807) is 0 Å². The van der Waals surface area contributed by atoms with Crippen molar-refractivity contribution in [1.82, 2.24) is 0 Å². The van der Waals surface area contributed by atoms with E-state index in [1.165, 1.54) is 18.4 Å². The summed E-state index contributed by atoms with van der Waals surface area (Å²) in [7, 11) is 0.150. The molecule has 0 aliphatic rings. The SMILES string of the molecule is CCCCCOc1ccc(PC(=O)c2c(C)cc(C)cc2C)cc1. The number of hydrogen-bond donors (Lipinski definition) is 0. The number of unbranched alkanes of at least 4 members (excludes halogenated alkanes) is 2. The van der Waals surface area contributed by atoms with Crippen molar-refractivity contribution in [3.8, 4) is 5.75 Å². The third-order valence-corrected chi connectivity index (χ3v) is 5.13. The van der Waals surface area contributed by atoms with Gasteiger partial charge in [-0.15, -0.1) is 0 Å². The summed E-state index contributed by atoms with van der Waals surface area (Å²) in [5.41, 5.74) is 4.43. The maximum absolute atomic E-state index is 12.7. The van der Waals surface area contributed by atoms with Gasteiger partial charge in [-0.25, -0.2) is 0 Å². The highest BCUT2D eigenvalue weighted by Crippen LogP contribution is 2.26. The van der Waals surface area contributed by atoms with Gasteiger partial charge in [-0.1, -0.05) is 49.6 Å². The van der Waals surface area contributed by atoms with Gasteiger partial charge in [0.1, 0.15) is 5.75 Å². The molecule has 2 aromatic rings. The van der Waals surface area contributed by atoms with Crippen LogP contribution in [0.2, 0.25) is 0 Å². The van der Waals surface area contributed by atoms with E-state index in [-0.39, 0.29) is 14.1 Å². The predicted octanol–water partition coefficient (Wildman–Crippen LogP) is 5.33. The zero-order chi connectivity index (χ0) is 17.5. The number of rotatable bonds is 8. The normalized spacial score (nSPS) is 11.2. The van der Waals surface area contributed by atoms with Crippen LogP contribution in [-0.4, -0.2) is 12.1 Å². The van der Waals surface area contributed by atoms with Crippen LogP contribution in [0, 0.1) is 20.8 Å². The summed E-state index contributed by atoms with van der Waals surface area (Å²) in [5, 5.41) is 1.06. The second kappa shape index (κ2) is 8.99. The maximum atomic E-state index is 12.7. The van der Waals surface area contributed by atoms with E-state index in [0.717, 1.165) is 40.8 Å². The van der Waals surface area contributed by atoms with Crippen LogP contribution in [-0.2, 0) is 0 Å². The van der Waals surface area contributed by atoms with Gasteiger partial charge in [0.15, 0.2) is 5.52 Å². The summed E-state index contributed by atoms with van der Waals surface area (Å²) in [4.78, 5) is 12.7. The lowest BCUT2D eigenvalue weighted by molar-refractivity contribution is 0.108. The van der Waals surface area contributed by atoms with E-state index in [1.807, 2.05) is 38.1 Å². The lowest BCUT2D eigenvalue weighted by atomic mass is 10.0. The van der Waals surface area contributed by atoms with Gasteiger partial charge in [-0.2, -0.15) is 0 Å². The number of ether oxygens (including phenoxy) is 1. The molecular weight excluding hydrogens is 315 g/mol. The van der Waals surface area contributed by atoms with Crippen molar-refractivity contribution in [1.29, 1.82) is 0 Å². The predicted molar refractivity (Wildman–Crippen MR) is 104 cm³/mol. The highest BCUT2D eigenvalue weighted by molar-refractivity contribution is 7.66. The molecule has 0 N–H and O–H groups in total. The Morgan fingerprint density at radius 1 is 1.00 bits per heavy atom. The third kappa shape index (κ3) is 5.18. The molecule has 24 heavy (non-hydrogen) atoms. The molecule has 1 atom stereocenters. The molecule has 0 saturated heterocycles. The molecule has 0 aliphatic heterocycles. The second-order valence-corrected chi connectivity index (χ2v) is 7.59. The fraction of sp³-hybridized carbons (Fsp3) is 0.381. The Balaban J connectivity index is 2.00. The Kier molecular flexibility index (Phi) is 6.99. The molecule has 0 fully saturated rings. The summed E-state index contributed by atoms with van der Waals surface area (Å²) in [6, 6.07) is 12.1. The molecule has 128 valence electrons. The van der Waals surface area contributed by atoms with Crippen LogP contribution in [0.4, 0.5) is 0 Å². The monoisotopic (exact) mass is 342 g/mol. The maximum Gasteiger partial charge on any atom is 0.186 e. The Hall–Kier alpha value is -1.66. The molecule has 0 spiro atoms. The standard InChI is InChI=1S/C21H27O2P/c1-5-6-7-12-23-18-8-10-19(11-9-18)24-21(22)20-16(3)13-15(2)14-17(20)4/h8-11,13-14,24H,5-7,12H2,1-4H3. The first-order chi connectivity index (χ1) is 11.5. The molecule has 0 radical (unpaired) electrons. The first kappa shape index (κ1) is 18.7. The summed E-state index contributed by atoms with van der Waals surface area (Å²) < 4.78 is 5.72. The average molecular weight is 342 g/mol. The highest BCUT2D eigenvalue weighted by Gasteiger charge is 2.13. The number of benzene rings is 2. The zero-order valence-corrected chi connectivity index (χ0v) is 16.1. The molecule has 0 aliphatic carbocycles. The fourth-order valence-electron chi connectivity index (χ4n) is 2.91. The minimum absolute atomic E-state index is 0.150. The summed E-state index contributed by atoms with van der Waals surface area (Å²) in [6.45, 7) is 9.05. The molecule has 2 rings (SSSR count). The average Bonchev–Trinajstić information content (AvgIpc) is 2.52. The number of hydrogen-bond acceptors (Lipinski definition) is 2. The van der Waals surface area contributed by atoms with Crippen molar-refractivity contribution in [3.63, 3.8) is 0 Å². The van der Waals surface area contributed by atoms with E-state index in [0.29, 0.717) is 0 Å². The van der Waals surface area contributed by atoms with Crippen LogP contribution >= 0.6 is 8.58 Å². The summed E-state index contributed by atoms with van der Waals surface area (Å²) in [6.07, 6.45) is 3.48. The van der Waals surface area contributed by atoms with Gasteiger partial charge in [0.2, 0.25) is 0 Å². The van der Waals surface area contributed by atoms with Gasteiger partial charge >= 0.3 is 0 Å². The van der Waals surface area contributed by atoms with Crippen LogP contribution in [0.25, 0.3) is 0 Å². The molecule has 3 heteroatoms. The number of carbonyl (C=O) groups is 1. The molecule has 1 unspecified atom stereocenters. The molecule has 0 saturated carbocycles. The third-order valence-electron chi connectivity index (χ3n) is 4.03. The second-order valence-electron chi connectivity index (χ2n) is 6.31. The zero-order valence-electron chi connectivity index (χ0n) is 15.1. The van der Waals surface area contributed by atoms with E-state index < -0.39 is 0 Å². The van der Waals surface area contributed by atoms with E-state index in [9.17, 15) is 4.79 Å². The van der Waals surface area contributed by atoms with Gasteiger partial charge in [0.05, 0.1) is 6.61 Å². The largest absolute Gasteiger partial charge is 0.494 e. The van der Waals surface area contributed by atoms with Crippen molar-refractivity contribution in [2.75, 3.05) is 6.61 Å². The minimum atomic E-state index is 0.150. The van der Waals surface area contributed by atoms with Gasteiger partial charge in [0, 0.05) is 5.56 Å². The molecular formula is C21H27O2P. The van der Waals surface area contributed by atoms with Crippen molar-refractivity contribution < 1.29 is 9.53 Å². The minimum Gasteiger partial charge on any atom is -0.494 e. The number of aryl methyl sites for hydroxylation is 3. The van der Waals surface area contributed by atoms with Crippen molar-refractivity contribution in [2.24, 2.45) is 0 Å². The quantitative estimate of drug-likeness (QED) is 0.479. The Labute approximate surface area is 147 Å². The molecule has 0 heterocycles. The molecule has 0 amide bonds. The van der Waals surface area contributed by atoms with Gasteiger partial charge in [0.25, 0.3) is 0 Å². The van der Waals surface area contributed by atoms with E-state index >= 15 is 0 Å². The first-order valence-corrected chi connectivity index (χ1v) is 9.63. The fourth-order valence-corrected chi connectivity index (χ4v) is 4.02. The topological polar surface area (TPSA) is 26.3 Å². The Morgan fingerprint density at radius 2 is 1.62 bits per heavy atom. The lowest BCUT2D eigenvalue weighted by Crippen LogP contribution is -2.05. The molecule has 2 nitrogen and oxygen atoms in total. The molecule has 2 aromatic carbocycles. The smallest absolute Gasteiger partial charge is 0.186 e. The summed E-state index contributed by atoms with van der Waals surface area (Å²) in [5.74, 6) is 0.884. The van der Waals surface area contributed by atoms with Gasteiger partial charge in [-0.3, -0.25) is 4.79 Å². The van der Waals surface area contributed by atoms with Gasteiger partial charge < -0.3 is 4.74 Å². The van der Waals surface area contributed by atoms with Crippen LogP contribution < -0.4 is 10.0 Å². The summed E-state index contributed by atoms with van der Waals surface area (Å²) >= 11 is 0. The van der Waals surface area contributed by atoms with Crippen molar-refractivity contribution in [2.45, 2.75) is 47.0 Å². The lowest BCUT2D eigenvalue weighted by Gasteiger charge is -2.11. The van der Waals surface area contributed by atoms with Crippen LogP contribution in [0.1, 0.15) is 53.2 Å². The van der Waals surface area contributed by atoms with Crippen LogP contribution in [0.5, 0.6) is 5.75 Å². The van der Waals surface area contributed by atoms with E-state index in [4.69, 9.17) is 4.74 Å². The number of carbonyl (C=O) groups excluding carboxylic acids is 1. The molecule has 0 bridgehead atoms. The van der Waals surface area contributed by atoms with Crippen LogP contribution in [0.15, 0.2) is 36.4 Å². The van der Waals surface area contributed by atoms with Crippen LogP contribution in [0.3, 0.4) is 0 Å².